The zero-order valence-electron chi connectivity index (χ0n) is 13.7. The molecule has 0 aromatic heterocycles. The summed E-state index contributed by atoms with van der Waals surface area (Å²) in [5, 5.41) is 10.2. The third-order valence-corrected chi connectivity index (χ3v) is 4.30. The van der Waals surface area contributed by atoms with Gasteiger partial charge in [0.2, 0.25) is 0 Å². The molecule has 4 nitrogen and oxygen atoms in total. The number of benzene rings is 1. The van der Waals surface area contributed by atoms with E-state index >= 15 is 0 Å². The Morgan fingerprint density at radius 3 is 2.23 bits per heavy atom. The number of methoxy groups -OCH3 is 1. The average Bonchev–Trinajstić information content (AvgIpc) is 2.49. The van der Waals surface area contributed by atoms with Crippen molar-refractivity contribution in [3.05, 3.63) is 24.3 Å². The predicted molar refractivity (Wildman–Crippen MR) is 91.2 cm³/mol. The van der Waals surface area contributed by atoms with Gasteiger partial charge < -0.3 is 14.6 Å². The van der Waals surface area contributed by atoms with E-state index in [2.05, 4.69) is 18.7 Å². The highest BCUT2D eigenvalue weighted by Crippen LogP contribution is 2.23. The van der Waals surface area contributed by atoms with Gasteiger partial charge >= 0.3 is 0 Å². The molecule has 1 saturated heterocycles. The number of piperidine rings is 1. The SMILES string of the molecule is COc1ccc(OCC(O)CN2C(C)CCCC2C)cc1.Cl. The molecule has 1 aromatic rings. The molecule has 0 bridgehead atoms. The van der Waals surface area contributed by atoms with Crippen molar-refractivity contribution in [3.63, 3.8) is 0 Å². The van der Waals surface area contributed by atoms with Gasteiger partial charge in [-0.05, 0) is 51.0 Å². The van der Waals surface area contributed by atoms with Crippen molar-refractivity contribution in [2.45, 2.75) is 51.3 Å². The molecule has 1 aliphatic rings. The quantitative estimate of drug-likeness (QED) is 0.870. The summed E-state index contributed by atoms with van der Waals surface area (Å²) in [6, 6.07) is 8.52. The van der Waals surface area contributed by atoms with Crippen molar-refractivity contribution in [1.29, 1.82) is 0 Å². The van der Waals surface area contributed by atoms with Gasteiger partial charge in [-0.1, -0.05) is 6.42 Å². The molecule has 0 spiro atoms. The molecule has 0 aliphatic carbocycles. The number of β-amino-alcohol motifs (C(OH)–C–C–N with tert-alkyl or cyclic N) is 1. The van der Waals surface area contributed by atoms with E-state index < -0.39 is 6.10 Å². The Bertz CT molecular complexity index is 416. The van der Waals surface area contributed by atoms with Gasteiger partial charge in [0.25, 0.3) is 0 Å². The third-order valence-electron chi connectivity index (χ3n) is 4.30. The topological polar surface area (TPSA) is 41.9 Å². The minimum atomic E-state index is -0.463. The van der Waals surface area contributed by atoms with Gasteiger partial charge in [-0.25, -0.2) is 0 Å². The molecule has 5 heteroatoms. The lowest BCUT2D eigenvalue weighted by Crippen LogP contribution is -2.48. The number of hydrogen-bond acceptors (Lipinski definition) is 4. The van der Waals surface area contributed by atoms with Gasteiger partial charge in [-0.2, -0.15) is 0 Å². The predicted octanol–water partition coefficient (Wildman–Crippen LogP) is 3.12. The highest BCUT2D eigenvalue weighted by molar-refractivity contribution is 5.85. The fraction of sp³-hybridized carbons (Fsp3) is 0.647. The molecule has 1 aliphatic heterocycles. The van der Waals surface area contributed by atoms with Gasteiger partial charge in [0.15, 0.2) is 0 Å². The summed E-state index contributed by atoms with van der Waals surface area (Å²) < 4.78 is 10.8. The first-order valence-corrected chi connectivity index (χ1v) is 7.81. The number of aliphatic hydroxyl groups excluding tert-OH is 1. The maximum Gasteiger partial charge on any atom is 0.119 e. The Labute approximate surface area is 139 Å². The first kappa shape index (κ1) is 19.1. The molecule has 1 aromatic carbocycles. The van der Waals surface area contributed by atoms with Gasteiger partial charge in [-0.15, -0.1) is 12.4 Å². The molecule has 1 fully saturated rings. The van der Waals surface area contributed by atoms with Gasteiger partial charge in [-0.3, -0.25) is 4.90 Å². The highest BCUT2D eigenvalue weighted by atomic mass is 35.5. The van der Waals surface area contributed by atoms with E-state index in [-0.39, 0.29) is 12.4 Å². The van der Waals surface area contributed by atoms with Crippen LogP contribution in [0, 0.1) is 0 Å². The Morgan fingerprint density at radius 2 is 1.68 bits per heavy atom. The fourth-order valence-corrected chi connectivity index (χ4v) is 3.00. The maximum atomic E-state index is 10.2. The molecule has 3 unspecified atom stereocenters. The molecule has 0 radical (unpaired) electrons. The normalized spacial score (nSPS) is 23.5. The average molecular weight is 330 g/mol. The molecule has 2 rings (SSSR count). The Balaban J connectivity index is 0.00000242. The minimum absolute atomic E-state index is 0. The zero-order valence-corrected chi connectivity index (χ0v) is 14.5. The van der Waals surface area contributed by atoms with E-state index in [9.17, 15) is 5.11 Å². The van der Waals surface area contributed by atoms with Crippen molar-refractivity contribution in [1.82, 2.24) is 4.90 Å². The standard InChI is InChI=1S/C17H27NO3.ClH/c1-13-5-4-6-14(2)18(13)11-15(19)12-21-17-9-7-16(20-3)8-10-17;/h7-10,13-15,19H,4-6,11-12H2,1-3H3;1H. The van der Waals surface area contributed by atoms with Crippen molar-refractivity contribution < 1.29 is 14.6 Å². The molecular formula is C17H28ClNO3. The molecular weight excluding hydrogens is 302 g/mol. The van der Waals surface area contributed by atoms with Crippen molar-refractivity contribution in [2.24, 2.45) is 0 Å². The maximum absolute atomic E-state index is 10.2. The first-order valence-electron chi connectivity index (χ1n) is 7.81. The number of rotatable bonds is 6. The lowest BCUT2D eigenvalue weighted by atomic mass is 9.97. The Kier molecular flexibility index (Phi) is 8.01. The van der Waals surface area contributed by atoms with Crippen LogP contribution in [-0.4, -0.2) is 48.5 Å². The number of halogens is 1. The summed E-state index contributed by atoms with van der Waals surface area (Å²) in [5.41, 5.74) is 0. The van der Waals surface area contributed by atoms with E-state index in [1.54, 1.807) is 7.11 Å². The Hall–Kier alpha value is -0.970. The number of ether oxygens (including phenoxy) is 2. The summed E-state index contributed by atoms with van der Waals surface area (Å²) in [5.74, 6) is 1.56. The summed E-state index contributed by atoms with van der Waals surface area (Å²) in [6.45, 7) is 5.49. The zero-order chi connectivity index (χ0) is 15.2. The minimum Gasteiger partial charge on any atom is -0.497 e. The first-order chi connectivity index (χ1) is 10.1. The molecule has 1 heterocycles. The fourth-order valence-electron chi connectivity index (χ4n) is 3.00. The van der Waals surface area contributed by atoms with Crippen LogP contribution in [0.2, 0.25) is 0 Å². The van der Waals surface area contributed by atoms with Crippen LogP contribution in [0.4, 0.5) is 0 Å². The van der Waals surface area contributed by atoms with Gasteiger partial charge in [0.1, 0.15) is 24.2 Å². The number of hydrogen-bond donors (Lipinski definition) is 1. The monoisotopic (exact) mass is 329 g/mol. The second-order valence-electron chi connectivity index (χ2n) is 5.97. The third kappa shape index (κ3) is 5.34. The van der Waals surface area contributed by atoms with E-state index in [4.69, 9.17) is 9.47 Å². The molecule has 22 heavy (non-hydrogen) atoms. The van der Waals surface area contributed by atoms with Crippen molar-refractivity contribution in [2.75, 3.05) is 20.3 Å². The van der Waals surface area contributed by atoms with Crippen molar-refractivity contribution >= 4 is 12.4 Å². The largest absolute Gasteiger partial charge is 0.497 e. The van der Waals surface area contributed by atoms with E-state index in [0.29, 0.717) is 25.2 Å². The molecule has 0 amide bonds. The van der Waals surface area contributed by atoms with Crippen LogP contribution < -0.4 is 9.47 Å². The van der Waals surface area contributed by atoms with Crippen LogP contribution in [-0.2, 0) is 0 Å². The van der Waals surface area contributed by atoms with Gasteiger partial charge in [0.05, 0.1) is 7.11 Å². The van der Waals surface area contributed by atoms with E-state index in [1.807, 2.05) is 24.3 Å². The van der Waals surface area contributed by atoms with Crippen LogP contribution in [0.5, 0.6) is 11.5 Å². The molecule has 126 valence electrons. The molecule has 0 saturated carbocycles. The van der Waals surface area contributed by atoms with Crippen LogP contribution in [0.15, 0.2) is 24.3 Å². The lowest BCUT2D eigenvalue weighted by molar-refractivity contribution is 0.0209. The van der Waals surface area contributed by atoms with Crippen LogP contribution in [0.1, 0.15) is 33.1 Å². The summed E-state index contributed by atoms with van der Waals surface area (Å²) in [4.78, 5) is 2.39. The number of nitrogens with zero attached hydrogens (tertiary/aromatic N) is 1. The second-order valence-corrected chi connectivity index (χ2v) is 5.97. The van der Waals surface area contributed by atoms with Crippen LogP contribution in [0.25, 0.3) is 0 Å². The lowest BCUT2D eigenvalue weighted by Gasteiger charge is -2.40. The summed E-state index contributed by atoms with van der Waals surface area (Å²) >= 11 is 0. The Morgan fingerprint density at radius 1 is 1.14 bits per heavy atom. The summed E-state index contributed by atoms with van der Waals surface area (Å²) in [6.07, 6.45) is 3.26. The molecule has 3 atom stereocenters. The molecule has 1 N–H and O–H groups in total. The summed E-state index contributed by atoms with van der Waals surface area (Å²) in [7, 11) is 1.64. The highest BCUT2D eigenvalue weighted by Gasteiger charge is 2.26. The second kappa shape index (κ2) is 9.23. The van der Waals surface area contributed by atoms with Crippen molar-refractivity contribution in [3.8, 4) is 11.5 Å². The number of aliphatic hydroxyl groups is 1. The van der Waals surface area contributed by atoms with E-state index in [1.165, 1.54) is 19.3 Å². The number of likely N-dealkylation sites (tertiary alicyclic amines) is 1. The van der Waals surface area contributed by atoms with Crippen LogP contribution in [0.3, 0.4) is 0 Å². The smallest absolute Gasteiger partial charge is 0.119 e. The van der Waals surface area contributed by atoms with Gasteiger partial charge in [0, 0.05) is 18.6 Å². The van der Waals surface area contributed by atoms with E-state index in [0.717, 1.165) is 11.5 Å². The van der Waals surface area contributed by atoms with Crippen LogP contribution >= 0.6 is 12.4 Å².